The summed E-state index contributed by atoms with van der Waals surface area (Å²) in [5.41, 5.74) is 1.73. The molecule has 0 N–H and O–H groups in total. The Kier molecular flexibility index (Phi) is 6.75. The van der Waals surface area contributed by atoms with Crippen LogP contribution in [-0.4, -0.2) is 10.7 Å². The molecule has 0 saturated heterocycles. The molecule has 0 nitrogen and oxygen atoms in total. The number of alkyl halides is 2. The summed E-state index contributed by atoms with van der Waals surface area (Å²) in [6.45, 7) is 4.59. The highest BCUT2D eigenvalue weighted by atomic mass is 79.9. The smallest absolute Gasteiger partial charge is 0.0175 e. The SMILES string of the molecule is CC(C)CC(CBr)(CBr)Cc1ccc(Br)cc1. The van der Waals surface area contributed by atoms with Gasteiger partial charge in [0.2, 0.25) is 0 Å². The second-order valence-electron chi connectivity index (χ2n) is 5.17. The maximum absolute atomic E-state index is 3.69. The molecule has 0 aromatic heterocycles. The number of halogens is 3. The van der Waals surface area contributed by atoms with Gasteiger partial charge in [-0.3, -0.25) is 0 Å². The van der Waals surface area contributed by atoms with Gasteiger partial charge in [-0.15, -0.1) is 0 Å². The van der Waals surface area contributed by atoms with Crippen LogP contribution in [0.15, 0.2) is 28.7 Å². The van der Waals surface area contributed by atoms with Crippen molar-refractivity contribution in [1.82, 2.24) is 0 Å². The summed E-state index contributed by atoms with van der Waals surface area (Å²) in [7, 11) is 0. The molecule has 1 aromatic carbocycles. The first-order valence-corrected chi connectivity index (χ1v) is 8.91. The number of rotatable bonds is 6. The quantitative estimate of drug-likeness (QED) is 0.503. The standard InChI is InChI=1S/C14H19Br3/c1-11(2)7-14(9-15,10-16)8-12-3-5-13(17)6-4-12/h3-6,11H,7-10H2,1-2H3. The molecule has 0 spiro atoms. The summed E-state index contributed by atoms with van der Waals surface area (Å²) in [5.74, 6) is 0.723. The number of hydrogen-bond acceptors (Lipinski definition) is 0. The topological polar surface area (TPSA) is 0 Å². The van der Waals surface area contributed by atoms with Crippen LogP contribution >= 0.6 is 47.8 Å². The zero-order chi connectivity index (χ0) is 12.9. The first-order chi connectivity index (χ1) is 8.01. The first kappa shape index (κ1) is 15.7. The highest BCUT2D eigenvalue weighted by Crippen LogP contribution is 2.35. The van der Waals surface area contributed by atoms with Crippen molar-refractivity contribution < 1.29 is 0 Å². The van der Waals surface area contributed by atoms with Gasteiger partial charge in [0.1, 0.15) is 0 Å². The van der Waals surface area contributed by atoms with Crippen LogP contribution in [0.2, 0.25) is 0 Å². The molecule has 0 fully saturated rings. The third-order valence-corrected chi connectivity index (χ3v) is 5.81. The van der Waals surface area contributed by atoms with Gasteiger partial charge in [0.15, 0.2) is 0 Å². The van der Waals surface area contributed by atoms with Crippen LogP contribution in [0.25, 0.3) is 0 Å². The molecule has 0 atom stereocenters. The first-order valence-electron chi connectivity index (χ1n) is 5.88. The highest BCUT2D eigenvalue weighted by Gasteiger charge is 2.29. The lowest BCUT2D eigenvalue weighted by Crippen LogP contribution is -2.29. The molecule has 0 aliphatic carbocycles. The van der Waals surface area contributed by atoms with E-state index < -0.39 is 0 Å². The van der Waals surface area contributed by atoms with E-state index in [-0.39, 0.29) is 0 Å². The van der Waals surface area contributed by atoms with E-state index >= 15 is 0 Å². The molecule has 0 saturated carbocycles. The summed E-state index contributed by atoms with van der Waals surface area (Å²) in [6.07, 6.45) is 2.36. The molecule has 1 aromatic rings. The van der Waals surface area contributed by atoms with Gasteiger partial charge in [0.25, 0.3) is 0 Å². The second kappa shape index (κ2) is 7.30. The Labute approximate surface area is 130 Å². The van der Waals surface area contributed by atoms with Crippen molar-refractivity contribution >= 4 is 47.8 Å². The molecule has 0 amide bonds. The van der Waals surface area contributed by atoms with Crippen LogP contribution in [0.3, 0.4) is 0 Å². The van der Waals surface area contributed by atoms with Gasteiger partial charge < -0.3 is 0 Å². The van der Waals surface area contributed by atoms with Crippen molar-refractivity contribution in [3.8, 4) is 0 Å². The minimum atomic E-state index is 0.321. The molecule has 17 heavy (non-hydrogen) atoms. The average Bonchev–Trinajstić information content (AvgIpc) is 2.30. The maximum Gasteiger partial charge on any atom is 0.0175 e. The van der Waals surface area contributed by atoms with Crippen LogP contribution in [0.5, 0.6) is 0 Å². The molecule has 0 aliphatic heterocycles. The lowest BCUT2D eigenvalue weighted by molar-refractivity contribution is 0.304. The Bertz CT molecular complexity index is 326. The fourth-order valence-electron chi connectivity index (χ4n) is 2.21. The third kappa shape index (κ3) is 5.04. The molecule has 0 bridgehead atoms. The van der Waals surface area contributed by atoms with Gasteiger partial charge in [0.05, 0.1) is 0 Å². The van der Waals surface area contributed by atoms with E-state index in [9.17, 15) is 0 Å². The Balaban J connectivity index is 2.82. The third-order valence-electron chi connectivity index (χ3n) is 2.90. The lowest BCUT2D eigenvalue weighted by Gasteiger charge is -2.32. The summed E-state index contributed by atoms with van der Waals surface area (Å²) < 4.78 is 1.15. The van der Waals surface area contributed by atoms with Crippen molar-refractivity contribution in [1.29, 1.82) is 0 Å². The molecule has 0 aliphatic rings. The monoisotopic (exact) mass is 424 g/mol. The van der Waals surface area contributed by atoms with Crippen molar-refractivity contribution in [2.75, 3.05) is 10.7 Å². The number of benzene rings is 1. The predicted molar refractivity (Wildman–Crippen MR) is 87.3 cm³/mol. The molecule has 0 heterocycles. The minimum Gasteiger partial charge on any atom is -0.0922 e. The molecule has 3 heteroatoms. The second-order valence-corrected chi connectivity index (χ2v) is 7.21. The Morgan fingerprint density at radius 3 is 2.00 bits per heavy atom. The van der Waals surface area contributed by atoms with Crippen molar-refractivity contribution in [2.45, 2.75) is 26.7 Å². The zero-order valence-corrected chi connectivity index (χ0v) is 15.1. The molecular weight excluding hydrogens is 408 g/mol. The van der Waals surface area contributed by atoms with Gasteiger partial charge in [-0.2, -0.15) is 0 Å². The lowest BCUT2D eigenvalue weighted by atomic mass is 9.79. The van der Waals surface area contributed by atoms with Crippen LogP contribution in [0.1, 0.15) is 25.8 Å². The van der Waals surface area contributed by atoms with Gasteiger partial charge >= 0.3 is 0 Å². The molecule has 0 unspecified atom stereocenters. The maximum atomic E-state index is 3.69. The van der Waals surface area contributed by atoms with E-state index in [1.165, 1.54) is 12.0 Å². The Hall–Kier alpha value is 0.660. The fourth-order valence-corrected chi connectivity index (χ4v) is 4.26. The van der Waals surface area contributed by atoms with Crippen LogP contribution in [0, 0.1) is 11.3 Å². The molecule has 0 radical (unpaired) electrons. The summed E-state index contributed by atoms with van der Waals surface area (Å²) in [5, 5.41) is 2.08. The largest absolute Gasteiger partial charge is 0.0922 e. The van der Waals surface area contributed by atoms with E-state index in [0.717, 1.165) is 27.5 Å². The summed E-state index contributed by atoms with van der Waals surface area (Å²) in [6, 6.07) is 8.67. The summed E-state index contributed by atoms with van der Waals surface area (Å²) >= 11 is 10.9. The summed E-state index contributed by atoms with van der Waals surface area (Å²) in [4.78, 5) is 0. The highest BCUT2D eigenvalue weighted by molar-refractivity contribution is 9.10. The van der Waals surface area contributed by atoms with E-state index in [0.29, 0.717) is 5.41 Å². The van der Waals surface area contributed by atoms with E-state index in [2.05, 4.69) is 85.9 Å². The van der Waals surface area contributed by atoms with Crippen LogP contribution < -0.4 is 0 Å². The number of hydrogen-bond donors (Lipinski definition) is 0. The Morgan fingerprint density at radius 2 is 1.59 bits per heavy atom. The van der Waals surface area contributed by atoms with Crippen LogP contribution in [-0.2, 0) is 6.42 Å². The van der Waals surface area contributed by atoms with Gasteiger partial charge in [0, 0.05) is 15.1 Å². The van der Waals surface area contributed by atoms with Crippen LogP contribution in [0.4, 0.5) is 0 Å². The predicted octanol–water partition coefficient (Wildman–Crippen LogP) is 5.81. The zero-order valence-electron chi connectivity index (χ0n) is 10.3. The van der Waals surface area contributed by atoms with Gasteiger partial charge in [-0.25, -0.2) is 0 Å². The molecule has 96 valence electrons. The van der Waals surface area contributed by atoms with Crippen molar-refractivity contribution in [2.24, 2.45) is 11.3 Å². The molecular formula is C14H19Br3. The normalized spacial score (nSPS) is 12.1. The van der Waals surface area contributed by atoms with E-state index in [1.54, 1.807) is 0 Å². The minimum absolute atomic E-state index is 0.321. The molecule has 1 rings (SSSR count). The van der Waals surface area contributed by atoms with E-state index in [1.807, 2.05) is 0 Å². The van der Waals surface area contributed by atoms with Crippen molar-refractivity contribution in [3.63, 3.8) is 0 Å². The van der Waals surface area contributed by atoms with Crippen molar-refractivity contribution in [3.05, 3.63) is 34.3 Å². The fraction of sp³-hybridized carbons (Fsp3) is 0.571. The Morgan fingerprint density at radius 1 is 1.06 bits per heavy atom. The average molecular weight is 427 g/mol. The van der Waals surface area contributed by atoms with E-state index in [4.69, 9.17) is 0 Å². The van der Waals surface area contributed by atoms with Gasteiger partial charge in [-0.1, -0.05) is 73.8 Å². The van der Waals surface area contributed by atoms with Gasteiger partial charge in [-0.05, 0) is 41.9 Å².